The molecule has 1 amide bonds. The van der Waals surface area contributed by atoms with Gasteiger partial charge in [0.2, 0.25) is 8.38 Å². The van der Waals surface area contributed by atoms with Crippen LogP contribution in [0.15, 0.2) is 53.7 Å². The molecule has 2 aromatic rings. The highest BCUT2D eigenvalue weighted by atomic mass is 32.2. The van der Waals surface area contributed by atoms with Gasteiger partial charge in [-0.3, -0.25) is 4.79 Å². The Bertz CT molecular complexity index is 817. The van der Waals surface area contributed by atoms with Crippen molar-refractivity contribution in [2.45, 2.75) is 29.0 Å². The van der Waals surface area contributed by atoms with Gasteiger partial charge in [-0.2, -0.15) is 3.89 Å². The number of nitrogens with one attached hydrogen (secondary N) is 1. The van der Waals surface area contributed by atoms with Crippen molar-refractivity contribution < 1.29 is 38.1 Å². The number of aromatic nitrogens is 1. The molecule has 0 fully saturated rings. The largest absolute Gasteiger partial charge is 0.385 e. The SMILES string of the molecule is O=C(NCC(O)C[n+]1cccc(CC(O)(PO)P(O)O)c1)c1ccc(SF)cc1. The minimum Gasteiger partial charge on any atom is -0.385 e. The molecule has 0 aliphatic heterocycles. The molecule has 3 atom stereocenters. The molecule has 1 aromatic heterocycles. The molecule has 29 heavy (non-hydrogen) atoms. The van der Waals surface area contributed by atoms with Crippen molar-refractivity contribution in [1.82, 2.24) is 5.32 Å². The predicted molar refractivity (Wildman–Crippen MR) is 109 cm³/mol. The number of halogens is 1. The van der Waals surface area contributed by atoms with Crippen LogP contribution in [-0.4, -0.2) is 48.5 Å². The van der Waals surface area contributed by atoms with E-state index in [0.29, 0.717) is 16.0 Å². The molecule has 3 unspecified atom stereocenters. The van der Waals surface area contributed by atoms with Crippen LogP contribution in [0.3, 0.4) is 0 Å². The normalized spacial score (nSPS) is 14.9. The number of amides is 1. The molecular weight excluding hydrogens is 441 g/mol. The standard InChI is InChI=1S/C17H21FN2O6P2S/c18-29-15-5-3-13(4-6-15)16(22)19-9-14(21)11-20-7-1-2-12(10-20)8-17(23,27-24)28(25)26/h1-7,10,14,21,23-27H,8-9,11H2/p+1. The highest BCUT2D eigenvalue weighted by Crippen LogP contribution is 2.51. The third-order valence-corrected chi connectivity index (χ3v) is 6.71. The number of carbonyl (C=O) groups is 1. The van der Waals surface area contributed by atoms with E-state index in [1.165, 1.54) is 24.3 Å². The van der Waals surface area contributed by atoms with Gasteiger partial charge in [0.25, 0.3) is 5.91 Å². The minimum absolute atomic E-state index is 0.0176. The summed E-state index contributed by atoms with van der Waals surface area (Å²) in [6, 6.07) is 9.24. The Morgan fingerprint density at radius 2 is 2.00 bits per heavy atom. The van der Waals surface area contributed by atoms with Gasteiger partial charge in [-0.15, -0.1) is 0 Å². The molecule has 0 bridgehead atoms. The van der Waals surface area contributed by atoms with Gasteiger partial charge in [0.05, 0.1) is 27.5 Å². The van der Waals surface area contributed by atoms with E-state index in [1.807, 2.05) is 0 Å². The summed E-state index contributed by atoms with van der Waals surface area (Å²) in [5.41, 5.74) is 0.882. The molecule has 158 valence electrons. The molecule has 0 saturated heterocycles. The van der Waals surface area contributed by atoms with E-state index < -0.39 is 34.3 Å². The Balaban J connectivity index is 1.91. The lowest BCUT2D eigenvalue weighted by molar-refractivity contribution is -0.703. The Morgan fingerprint density at radius 1 is 1.31 bits per heavy atom. The molecular formula is C17H22FN2O6P2S+. The average Bonchev–Trinajstić information content (AvgIpc) is 2.72. The van der Waals surface area contributed by atoms with Crippen LogP contribution in [0.5, 0.6) is 0 Å². The van der Waals surface area contributed by atoms with Gasteiger partial charge in [-0.1, -0.05) is 0 Å². The highest BCUT2D eigenvalue weighted by Gasteiger charge is 2.36. The molecule has 8 nitrogen and oxygen atoms in total. The first-order valence-corrected chi connectivity index (χ1v) is 11.3. The number of rotatable bonds is 10. The summed E-state index contributed by atoms with van der Waals surface area (Å²) in [6.07, 6.45) is 2.19. The van der Waals surface area contributed by atoms with E-state index in [4.69, 9.17) is 0 Å². The van der Waals surface area contributed by atoms with Gasteiger partial charge in [0.1, 0.15) is 6.10 Å². The number of nitrogens with zero attached hydrogens (tertiary/aromatic N) is 1. The highest BCUT2D eigenvalue weighted by molar-refractivity contribution is 7.94. The number of aliphatic hydroxyl groups excluding tert-OH is 1. The zero-order chi connectivity index (χ0) is 21.4. The Kier molecular flexibility index (Phi) is 9.33. The quantitative estimate of drug-likeness (QED) is 0.227. The maximum absolute atomic E-state index is 12.4. The molecule has 0 radical (unpaired) electrons. The molecule has 12 heteroatoms. The maximum Gasteiger partial charge on any atom is 0.251 e. The summed E-state index contributed by atoms with van der Waals surface area (Å²) >= 11 is 0.0857. The molecule has 2 rings (SSSR count). The lowest BCUT2D eigenvalue weighted by Gasteiger charge is -2.25. The zero-order valence-corrected chi connectivity index (χ0v) is 17.9. The van der Waals surface area contributed by atoms with Crippen molar-refractivity contribution in [2.75, 3.05) is 6.54 Å². The fourth-order valence-corrected chi connectivity index (χ4v) is 3.72. The van der Waals surface area contributed by atoms with Crippen LogP contribution in [0.4, 0.5) is 3.89 Å². The lowest BCUT2D eigenvalue weighted by Crippen LogP contribution is -2.44. The van der Waals surface area contributed by atoms with Crippen molar-refractivity contribution in [3.63, 3.8) is 0 Å². The molecule has 6 N–H and O–H groups in total. The number of hydrogen-bond acceptors (Lipinski definition) is 7. The van der Waals surface area contributed by atoms with Crippen molar-refractivity contribution in [1.29, 1.82) is 0 Å². The molecule has 0 aliphatic rings. The monoisotopic (exact) mass is 463 g/mol. The number of pyridine rings is 1. The van der Waals surface area contributed by atoms with E-state index in [0.717, 1.165) is 0 Å². The van der Waals surface area contributed by atoms with E-state index >= 15 is 0 Å². The van der Waals surface area contributed by atoms with Crippen LogP contribution in [0, 0.1) is 0 Å². The van der Waals surface area contributed by atoms with Crippen LogP contribution in [0.25, 0.3) is 0 Å². The Labute approximate surface area is 174 Å². The Hall–Kier alpha value is -1.22. The van der Waals surface area contributed by atoms with Crippen LogP contribution in [0.2, 0.25) is 0 Å². The first-order chi connectivity index (χ1) is 13.8. The van der Waals surface area contributed by atoms with Gasteiger partial charge in [-0.05, 0) is 30.3 Å². The second-order valence-corrected chi connectivity index (χ2v) is 9.69. The minimum atomic E-state index is -2.75. The summed E-state index contributed by atoms with van der Waals surface area (Å²) in [6.45, 7) is 0.120. The second kappa shape index (κ2) is 11.2. The summed E-state index contributed by atoms with van der Waals surface area (Å²) in [5, 5.41) is 20.9. The number of benzene rings is 1. The first-order valence-electron chi connectivity index (χ1n) is 8.42. The van der Waals surface area contributed by atoms with Crippen molar-refractivity contribution in [2.24, 2.45) is 0 Å². The third-order valence-electron chi connectivity index (χ3n) is 4.01. The average molecular weight is 463 g/mol. The van der Waals surface area contributed by atoms with Crippen LogP contribution < -0.4 is 9.88 Å². The summed E-state index contributed by atoms with van der Waals surface area (Å²) in [7, 11) is -3.81. The maximum atomic E-state index is 12.4. The second-order valence-electron chi connectivity index (χ2n) is 6.27. The van der Waals surface area contributed by atoms with E-state index in [-0.39, 0.29) is 31.7 Å². The zero-order valence-electron chi connectivity index (χ0n) is 15.1. The third kappa shape index (κ3) is 7.20. The molecule has 0 aliphatic carbocycles. The Morgan fingerprint density at radius 3 is 2.59 bits per heavy atom. The number of hydrogen-bond donors (Lipinski definition) is 6. The van der Waals surface area contributed by atoms with Crippen molar-refractivity contribution >= 4 is 35.2 Å². The molecule has 0 saturated carbocycles. The van der Waals surface area contributed by atoms with Gasteiger partial charge >= 0.3 is 0 Å². The number of aliphatic hydroxyl groups is 2. The van der Waals surface area contributed by atoms with Gasteiger partial charge in [0.15, 0.2) is 24.0 Å². The molecule has 1 aromatic carbocycles. The van der Waals surface area contributed by atoms with Gasteiger partial charge in [-0.25, -0.2) is 4.57 Å². The smallest absolute Gasteiger partial charge is 0.251 e. The van der Waals surface area contributed by atoms with E-state index in [1.54, 1.807) is 29.1 Å². The molecule has 0 spiro atoms. The fraction of sp³-hybridized carbons (Fsp3) is 0.294. The van der Waals surface area contributed by atoms with Crippen molar-refractivity contribution in [3.8, 4) is 0 Å². The number of carbonyl (C=O) groups excluding carboxylic acids is 1. The van der Waals surface area contributed by atoms with E-state index in [9.17, 15) is 33.6 Å². The topological polar surface area (TPSA) is 134 Å². The lowest BCUT2D eigenvalue weighted by atomic mass is 10.2. The van der Waals surface area contributed by atoms with Gasteiger partial charge in [0, 0.05) is 28.5 Å². The summed E-state index contributed by atoms with van der Waals surface area (Å²) < 4.78 is 14.1. The van der Waals surface area contributed by atoms with Crippen molar-refractivity contribution in [3.05, 3.63) is 59.9 Å². The van der Waals surface area contributed by atoms with Gasteiger partial charge < -0.3 is 30.2 Å². The van der Waals surface area contributed by atoms with Crippen LogP contribution in [0.1, 0.15) is 15.9 Å². The van der Waals surface area contributed by atoms with E-state index in [2.05, 4.69) is 5.32 Å². The molecule has 1 heterocycles. The van der Waals surface area contributed by atoms with Crippen LogP contribution >= 0.6 is 29.3 Å². The summed E-state index contributed by atoms with van der Waals surface area (Å²) in [4.78, 5) is 40.3. The fourth-order valence-electron chi connectivity index (χ4n) is 2.51. The van der Waals surface area contributed by atoms with Crippen LogP contribution in [-0.2, 0) is 13.0 Å². The first kappa shape index (κ1) is 24.1. The predicted octanol–water partition coefficient (Wildman–Crippen LogP) is 0.812. The summed E-state index contributed by atoms with van der Waals surface area (Å²) in [5.74, 6) is -0.397.